The summed E-state index contributed by atoms with van der Waals surface area (Å²) < 4.78 is 1.74. The van der Waals surface area contributed by atoms with E-state index in [-0.39, 0.29) is 11.3 Å². The Morgan fingerprint density at radius 1 is 1.33 bits per heavy atom. The molecule has 2 aliphatic rings. The number of aliphatic hydroxyl groups is 1. The van der Waals surface area contributed by atoms with Crippen molar-refractivity contribution in [3.05, 3.63) is 17.5 Å². The highest BCUT2D eigenvalue weighted by Gasteiger charge is 2.57. The van der Waals surface area contributed by atoms with Crippen LogP contribution in [-0.4, -0.2) is 44.4 Å². The number of rotatable bonds is 2. The molecule has 2 fully saturated rings. The van der Waals surface area contributed by atoms with Gasteiger partial charge in [-0.15, -0.1) is 0 Å². The summed E-state index contributed by atoms with van der Waals surface area (Å²) in [5.74, 6) is 0.0212. The third-order valence-electron chi connectivity index (χ3n) is 5.93. The van der Waals surface area contributed by atoms with Crippen LogP contribution in [0.2, 0.25) is 0 Å². The van der Waals surface area contributed by atoms with E-state index in [1.165, 1.54) is 0 Å². The van der Waals surface area contributed by atoms with Crippen molar-refractivity contribution in [2.45, 2.75) is 51.6 Å². The van der Waals surface area contributed by atoms with Gasteiger partial charge < -0.3 is 10.0 Å². The molecule has 1 spiro atoms. The topological polar surface area (TPSA) is 58.4 Å². The molecule has 1 N–H and O–H groups in total. The first-order valence-electron chi connectivity index (χ1n) is 7.93. The number of likely N-dealkylation sites (tertiary alicyclic amines) is 1. The van der Waals surface area contributed by atoms with Crippen LogP contribution in [0.25, 0.3) is 0 Å². The number of hydrogen-bond donors (Lipinski definition) is 1. The Morgan fingerprint density at radius 2 is 2.00 bits per heavy atom. The smallest absolute Gasteiger partial charge is 0.274 e. The van der Waals surface area contributed by atoms with Crippen molar-refractivity contribution in [2.24, 2.45) is 12.5 Å². The van der Waals surface area contributed by atoms with Crippen LogP contribution in [0.3, 0.4) is 0 Å². The summed E-state index contributed by atoms with van der Waals surface area (Å²) in [4.78, 5) is 14.4. The number of aromatic nitrogens is 2. The molecule has 1 atom stereocenters. The Morgan fingerprint density at radius 3 is 2.43 bits per heavy atom. The molecule has 1 saturated carbocycles. The van der Waals surface area contributed by atoms with Gasteiger partial charge >= 0.3 is 0 Å². The first-order chi connectivity index (χ1) is 9.91. The quantitative estimate of drug-likeness (QED) is 0.905. The van der Waals surface area contributed by atoms with Crippen molar-refractivity contribution < 1.29 is 9.90 Å². The second kappa shape index (κ2) is 4.83. The summed E-state index contributed by atoms with van der Waals surface area (Å²) in [6.07, 6.45) is 4.66. The van der Waals surface area contributed by atoms with Gasteiger partial charge in [-0.05, 0) is 45.1 Å². The SMILES string of the molecule is CCC1(O)CCC12CCN(C(=O)c1cc(C)n(C)n1)CC2. The maximum Gasteiger partial charge on any atom is 0.274 e. The molecule has 1 amide bonds. The molecule has 1 aromatic rings. The van der Waals surface area contributed by atoms with Crippen LogP contribution in [0.5, 0.6) is 0 Å². The van der Waals surface area contributed by atoms with E-state index >= 15 is 0 Å². The average molecular weight is 291 g/mol. The average Bonchev–Trinajstić information content (AvgIpc) is 2.84. The van der Waals surface area contributed by atoms with Crippen molar-refractivity contribution in [1.82, 2.24) is 14.7 Å². The van der Waals surface area contributed by atoms with Crippen molar-refractivity contribution in [1.29, 1.82) is 0 Å². The van der Waals surface area contributed by atoms with E-state index in [1.807, 2.05) is 24.9 Å². The summed E-state index contributed by atoms with van der Waals surface area (Å²) in [6.45, 7) is 5.48. The standard InChI is InChI=1S/C16H25N3O2/c1-4-16(21)6-5-15(16)7-9-19(10-8-15)14(20)13-11-12(2)18(3)17-13/h11,21H,4-10H2,1-3H3. The Bertz CT molecular complexity index is 534. The largest absolute Gasteiger partial charge is 0.389 e. The lowest BCUT2D eigenvalue weighted by atomic mass is 9.51. The van der Waals surface area contributed by atoms with E-state index in [1.54, 1.807) is 4.68 Å². The van der Waals surface area contributed by atoms with E-state index < -0.39 is 5.60 Å². The molecule has 0 aromatic carbocycles. The number of carbonyl (C=O) groups is 1. The second-order valence-corrected chi connectivity index (χ2v) is 6.75. The van der Waals surface area contributed by atoms with Gasteiger partial charge in [0.2, 0.25) is 0 Å². The molecule has 1 aliphatic heterocycles. The Hall–Kier alpha value is -1.36. The number of hydrogen-bond acceptors (Lipinski definition) is 3. The van der Waals surface area contributed by atoms with Gasteiger partial charge in [0.05, 0.1) is 5.60 Å². The lowest BCUT2D eigenvalue weighted by Crippen LogP contribution is -2.61. The molecular formula is C16H25N3O2. The number of nitrogens with zero attached hydrogens (tertiary/aromatic N) is 3. The summed E-state index contributed by atoms with van der Waals surface area (Å²) in [7, 11) is 1.85. The van der Waals surface area contributed by atoms with Crippen LogP contribution in [0.4, 0.5) is 0 Å². The molecule has 1 aromatic heterocycles. The zero-order valence-electron chi connectivity index (χ0n) is 13.2. The molecule has 1 aliphatic carbocycles. The monoisotopic (exact) mass is 291 g/mol. The molecule has 3 rings (SSSR count). The Kier molecular flexibility index (Phi) is 3.35. The van der Waals surface area contributed by atoms with Crippen molar-refractivity contribution >= 4 is 5.91 Å². The molecule has 21 heavy (non-hydrogen) atoms. The van der Waals surface area contributed by atoms with Gasteiger partial charge in [-0.25, -0.2) is 0 Å². The number of carbonyl (C=O) groups excluding carboxylic acids is 1. The Labute approximate surface area is 125 Å². The van der Waals surface area contributed by atoms with Gasteiger partial charge in [0, 0.05) is 31.2 Å². The summed E-state index contributed by atoms with van der Waals surface area (Å²) >= 11 is 0. The molecule has 0 radical (unpaired) electrons. The molecule has 2 heterocycles. The predicted molar refractivity (Wildman–Crippen MR) is 80.0 cm³/mol. The number of piperidine rings is 1. The molecule has 1 unspecified atom stereocenters. The third-order valence-corrected chi connectivity index (χ3v) is 5.93. The molecule has 0 bridgehead atoms. The zero-order chi connectivity index (χ0) is 15.3. The van der Waals surface area contributed by atoms with Crippen molar-refractivity contribution in [3.8, 4) is 0 Å². The highest BCUT2D eigenvalue weighted by Crippen LogP contribution is 2.57. The van der Waals surface area contributed by atoms with Gasteiger partial charge in [-0.1, -0.05) is 6.92 Å². The summed E-state index contributed by atoms with van der Waals surface area (Å²) in [5.41, 5.74) is 1.08. The number of aryl methyl sites for hydroxylation is 2. The normalized spacial score (nSPS) is 27.7. The molecular weight excluding hydrogens is 266 g/mol. The maximum atomic E-state index is 12.5. The fraction of sp³-hybridized carbons (Fsp3) is 0.750. The lowest BCUT2D eigenvalue weighted by molar-refractivity contribution is -0.188. The summed E-state index contributed by atoms with van der Waals surface area (Å²) in [5, 5.41) is 14.9. The van der Waals surface area contributed by atoms with E-state index in [0.717, 1.165) is 50.9 Å². The molecule has 1 saturated heterocycles. The van der Waals surface area contributed by atoms with Gasteiger partial charge in [0.25, 0.3) is 5.91 Å². The van der Waals surface area contributed by atoms with Crippen molar-refractivity contribution in [2.75, 3.05) is 13.1 Å². The van der Waals surface area contributed by atoms with Crippen LogP contribution >= 0.6 is 0 Å². The van der Waals surface area contributed by atoms with E-state index in [2.05, 4.69) is 12.0 Å². The minimum atomic E-state index is -0.496. The Balaban J connectivity index is 1.67. The fourth-order valence-corrected chi connectivity index (χ4v) is 4.00. The summed E-state index contributed by atoms with van der Waals surface area (Å²) in [6, 6.07) is 1.85. The first-order valence-corrected chi connectivity index (χ1v) is 7.93. The maximum absolute atomic E-state index is 12.5. The van der Waals surface area contributed by atoms with Gasteiger partial charge in [0.15, 0.2) is 5.69 Å². The minimum absolute atomic E-state index is 0.0212. The third kappa shape index (κ3) is 2.09. The van der Waals surface area contributed by atoms with Crippen molar-refractivity contribution in [3.63, 3.8) is 0 Å². The highest BCUT2D eigenvalue weighted by molar-refractivity contribution is 5.92. The predicted octanol–water partition coefficient (Wildman–Crippen LogP) is 1.89. The van der Waals surface area contributed by atoms with E-state index in [0.29, 0.717) is 5.69 Å². The van der Waals surface area contributed by atoms with Crippen LogP contribution in [0.1, 0.15) is 55.2 Å². The van der Waals surface area contributed by atoms with Gasteiger partial charge in [-0.2, -0.15) is 5.10 Å². The second-order valence-electron chi connectivity index (χ2n) is 6.75. The molecule has 5 nitrogen and oxygen atoms in total. The minimum Gasteiger partial charge on any atom is -0.389 e. The fourth-order valence-electron chi connectivity index (χ4n) is 4.00. The first kappa shape index (κ1) is 14.6. The molecule has 5 heteroatoms. The van der Waals surface area contributed by atoms with Crippen LogP contribution in [0, 0.1) is 12.3 Å². The van der Waals surface area contributed by atoms with Crippen LogP contribution in [-0.2, 0) is 7.05 Å². The molecule has 116 valence electrons. The van der Waals surface area contributed by atoms with Gasteiger partial charge in [0.1, 0.15) is 0 Å². The number of amides is 1. The highest BCUT2D eigenvalue weighted by atomic mass is 16.3. The van der Waals surface area contributed by atoms with E-state index in [4.69, 9.17) is 0 Å². The lowest BCUT2D eigenvalue weighted by Gasteiger charge is -2.59. The van der Waals surface area contributed by atoms with Crippen LogP contribution in [0.15, 0.2) is 6.07 Å². The van der Waals surface area contributed by atoms with E-state index in [9.17, 15) is 9.90 Å². The van der Waals surface area contributed by atoms with Gasteiger partial charge in [-0.3, -0.25) is 9.48 Å². The van der Waals surface area contributed by atoms with Crippen LogP contribution < -0.4 is 0 Å². The zero-order valence-corrected chi connectivity index (χ0v) is 13.2.